The van der Waals surface area contributed by atoms with Gasteiger partial charge in [0.15, 0.2) is 28.9 Å². The molecule has 0 spiro atoms. The van der Waals surface area contributed by atoms with E-state index in [-0.39, 0.29) is 22.6 Å². The zero-order valence-electron chi connectivity index (χ0n) is 10.4. The fourth-order valence-electron chi connectivity index (χ4n) is 2.00. The van der Waals surface area contributed by atoms with E-state index < -0.39 is 28.9 Å². The third-order valence-electron chi connectivity index (χ3n) is 3.06. The molecular weight excluding hydrogens is 282 g/mol. The predicted octanol–water partition coefficient (Wildman–Crippen LogP) is 2.99. The van der Waals surface area contributed by atoms with E-state index in [1.165, 1.54) is 18.2 Å². The average Bonchev–Trinajstić information content (AvgIpc) is 2.77. The van der Waals surface area contributed by atoms with E-state index in [0.717, 1.165) is 18.2 Å². The lowest BCUT2D eigenvalue weighted by atomic mass is 10.1. The molecule has 0 saturated carbocycles. The highest BCUT2D eigenvalue weighted by Crippen LogP contribution is 2.44. The van der Waals surface area contributed by atoms with Crippen molar-refractivity contribution >= 4 is 11.9 Å². The number of benzene rings is 2. The topological polar surface area (TPSA) is 66.8 Å². The van der Waals surface area contributed by atoms with E-state index in [1.807, 2.05) is 0 Å². The lowest BCUT2D eigenvalue weighted by Gasteiger charge is -2.03. The SMILES string of the molecule is O=C1/C(=C/c2cccc(F)c2F)Oc2c1ccc(O)c2O. The molecule has 0 unspecified atom stereocenters. The molecule has 1 aliphatic rings. The number of ether oxygens (including phenoxy) is 1. The van der Waals surface area contributed by atoms with Crippen LogP contribution in [0, 0.1) is 11.6 Å². The highest BCUT2D eigenvalue weighted by molar-refractivity contribution is 6.15. The van der Waals surface area contributed by atoms with Crippen LogP contribution in [-0.4, -0.2) is 16.0 Å². The summed E-state index contributed by atoms with van der Waals surface area (Å²) in [4.78, 5) is 12.1. The van der Waals surface area contributed by atoms with E-state index in [0.29, 0.717) is 0 Å². The van der Waals surface area contributed by atoms with Gasteiger partial charge in [-0.15, -0.1) is 0 Å². The summed E-state index contributed by atoms with van der Waals surface area (Å²) in [6.07, 6.45) is 1.04. The molecule has 3 rings (SSSR count). The summed E-state index contributed by atoms with van der Waals surface area (Å²) in [6.45, 7) is 0. The Morgan fingerprint density at radius 3 is 2.62 bits per heavy atom. The Bertz CT molecular complexity index is 797. The number of ketones is 1. The first-order chi connectivity index (χ1) is 9.99. The van der Waals surface area contributed by atoms with Crippen molar-refractivity contribution in [1.82, 2.24) is 0 Å². The molecule has 0 radical (unpaired) electrons. The summed E-state index contributed by atoms with van der Waals surface area (Å²) in [5.74, 6) is -4.25. The molecule has 0 aromatic heterocycles. The van der Waals surface area contributed by atoms with Gasteiger partial charge in [0, 0.05) is 5.56 Å². The second-order valence-electron chi connectivity index (χ2n) is 4.39. The number of rotatable bonds is 1. The van der Waals surface area contributed by atoms with Crippen molar-refractivity contribution in [3.05, 3.63) is 58.9 Å². The molecule has 1 heterocycles. The first kappa shape index (κ1) is 13.1. The van der Waals surface area contributed by atoms with Crippen molar-refractivity contribution in [3.63, 3.8) is 0 Å². The van der Waals surface area contributed by atoms with Crippen LogP contribution in [0.5, 0.6) is 17.2 Å². The first-order valence-corrected chi connectivity index (χ1v) is 5.92. The van der Waals surface area contributed by atoms with Crippen LogP contribution in [0.4, 0.5) is 8.78 Å². The second-order valence-corrected chi connectivity index (χ2v) is 4.39. The van der Waals surface area contributed by atoms with E-state index >= 15 is 0 Å². The molecule has 2 aromatic carbocycles. The molecule has 0 saturated heterocycles. The summed E-state index contributed by atoms with van der Waals surface area (Å²) in [5.41, 5.74) is -0.122. The van der Waals surface area contributed by atoms with Gasteiger partial charge in [-0.25, -0.2) is 8.78 Å². The summed E-state index contributed by atoms with van der Waals surface area (Å²) in [7, 11) is 0. The summed E-state index contributed by atoms with van der Waals surface area (Å²) in [6, 6.07) is 5.94. The van der Waals surface area contributed by atoms with Gasteiger partial charge in [0.1, 0.15) is 0 Å². The first-order valence-electron chi connectivity index (χ1n) is 5.92. The molecule has 2 aromatic rings. The third-order valence-corrected chi connectivity index (χ3v) is 3.06. The number of hydrogen-bond acceptors (Lipinski definition) is 4. The predicted molar refractivity (Wildman–Crippen MR) is 69.1 cm³/mol. The number of hydrogen-bond donors (Lipinski definition) is 2. The van der Waals surface area contributed by atoms with Gasteiger partial charge in [-0.2, -0.15) is 0 Å². The molecule has 6 heteroatoms. The van der Waals surface area contributed by atoms with Gasteiger partial charge in [-0.05, 0) is 24.3 Å². The number of phenolic OH excluding ortho intramolecular Hbond substituents is 2. The van der Waals surface area contributed by atoms with Crippen molar-refractivity contribution in [1.29, 1.82) is 0 Å². The van der Waals surface area contributed by atoms with Crippen LogP contribution in [-0.2, 0) is 0 Å². The summed E-state index contributed by atoms with van der Waals surface area (Å²) in [5, 5.41) is 19.0. The Kier molecular flexibility index (Phi) is 2.86. The number of carbonyl (C=O) groups excluding carboxylic acids is 1. The number of phenols is 2. The number of carbonyl (C=O) groups is 1. The van der Waals surface area contributed by atoms with Crippen molar-refractivity contribution in [2.75, 3.05) is 0 Å². The molecule has 0 bridgehead atoms. The lowest BCUT2D eigenvalue weighted by Crippen LogP contribution is -1.99. The highest BCUT2D eigenvalue weighted by Gasteiger charge is 2.31. The zero-order chi connectivity index (χ0) is 15.1. The van der Waals surface area contributed by atoms with Gasteiger partial charge in [-0.1, -0.05) is 12.1 Å². The maximum atomic E-state index is 13.6. The maximum Gasteiger partial charge on any atom is 0.232 e. The molecule has 0 fully saturated rings. The van der Waals surface area contributed by atoms with E-state index in [4.69, 9.17) is 4.74 Å². The van der Waals surface area contributed by atoms with Crippen LogP contribution >= 0.6 is 0 Å². The van der Waals surface area contributed by atoms with Crippen LogP contribution in [0.1, 0.15) is 15.9 Å². The second kappa shape index (κ2) is 4.59. The minimum Gasteiger partial charge on any atom is -0.504 e. The van der Waals surface area contributed by atoms with E-state index in [9.17, 15) is 23.8 Å². The molecular formula is C15H8F2O4. The molecule has 106 valence electrons. The fourth-order valence-corrected chi connectivity index (χ4v) is 2.00. The average molecular weight is 290 g/mol. The molecule has 4 nitrogen and oxygen atoms in total. The minimum absolute atomic E-state index is 0.0355. The van der Waals surface area contributed by atoms with Crippen LogP contribution in [0.15, 0.2) is 36.1 Å². The molecule has 1 aliphatic heterocycles. The smallest absolute Gasteiger partial charge is 0.232 e. The van der Waals surface area contributed by atoms with E-state index in [1.54, 1.807) is 0 Å². The molecule has 0 aliphatic carbocycles. The fraction of sp³-hybridized carbons (Fsp3) is 0. The molecule has 21 heavy (non-hydrogen) atoms. The van der Waals surface area contributed by atoms with Crippen LogP contribution < -0.4 is 4.74 Å². The van der Waals surface area contributed by atoms with Gasteiger partial charge in [0.05, 0.1) is 5.56 Å². The van der Waals surface area contributed by atoms with Gasteiger partial charge in [-0.3, -0.25) is 4.79 Å². The van der Waals surface area contributed by atoms with Gasteiger partial charge < -0.3 is 14.9 Å². The van der Waals surface area contributed by atoms with Crippen LogP contribution in [0.2, 0.25) is 0 Å². The maximum absolute atomic E-state index is 13.6. The van der Waals surface area contributed by atoms with Crippen molar-refractivity contribution in [2.45, 2.75) is 0 Å². The lowest BCUT2D eigenvalue weighted by molar-refractivity contribution is 0.101. The van der Waals surface area contributed by atoms with E-state index in [2.05, 4.69) is 0 Å². The van der Waals surface area contributed by atoms with Crippen molar-refractivity contribution in [3.8, 4) is 17.2 Å². The Labute approximate surface area is 117 Å². The number of allylic oxidation sites excluding steroid dienone is 1. The van der Waals surface area contributed by atoms with Crippen LogP contribution in [0.3, 0.4) is 0 Å². The van der Waals surface area contributed by atoms with Crippen molar-refractivity contribution < 1.29 is 28.5 Å². The molecule has 2 N–H and O–H groups in total. The highest BCUT2D eigenvalue weighted by atomic mass is 19.2. The Hall–Kier alpha value is -2.89. The largest absolute Gasteiger partial charge is 0.504 e. The Balaban J connectivity index is 2.07. The standard InChI is InChI=1S/C15H8F2O4/c16-9-3-1-2-7(12(9)17)6-11-13(19)8-4-5-10(18)14(20)15(8)21-11/h1-6,18,20H/b11-6-. The van der Waals surface area contributed by atoms with Gasteiger partial charge >= 0.3 is 0 Å². The summed E-state index contributed by atoms with van der Waals surface area (Å²) < 4.78 is 31.8. The number of Topliss-reactive ketones (excluding diaryl/α,β-unsaturated/α-hetero) is 1. The van der Waals surface area contributed by atoms with Gasteiger partial charge in [0.25, 0.3) is 0 Å². The normalized spacial score (nSPS) is 15.1. The Morgan fingerprint density at radius 1 is 1.10 bits per heavy atom. The molecule has 0 atom stereocenters. The monoisotopic (exact) mass is 290 g/mol. The Morgan fingerprint density at radius 2 is 1.86 bits per heavy atom. The third kappa shape index (κ3) is 2.01. The zero-order valence-corrected chi connectivity index (χ0v) is 10.4. The van der Waals surface area contributed by atoms with Gasteiger partial charge in [0.2, 0.25) is 11.5 Å². The van der Waals surface area contributed by atoms with Crippen LogP contribution in [0.25, 0.3) is 6.08 Å². The number of fused-ring (bicyclic) bond motifs is 1. The summed E-state index contributed by atoms with van der Waals surface area (Å²) >= 11 is 0. The minimum atomic E-state index is -1.11. The molecule has 0 amide bonds. The number of halogens is 2. The number of aromatic hydroxyl groups is 2. The quantitative estimate of drug-likeness (QED) is 0.626. The van der Waals surface area contributed by atoms with Crippen molar-refractivity contribution in [2.24, 2.45) is 0 Å².